The second-order valence-corrected chi connectivity index (χ2v) is 3.28. The summed E-state index contributed by atoms with van der Waals surface area (Å²) >= 11 is 0. The molecule has 0 unspecified atom stereocenters. The van der Waals surface area contributed by atoms with Gasteiger partial charge in [-0.2, -0.15) is 0 Å². The van der Waals surface area contributed by atoms with E-state index in [-0.39, 0.29) is 5.78 Å². The summed E-state index contributed by atoms with van der Waals surface area (Å²) in [5, 5.41) is 0. The predicted octanol–water partition coefficient (Wildman–Crippen LogP) is 3.07. The molecule has 0 N–H and O–H groups in total. The minimum Gasteiger partial charge on any atom is -0.294 e. The fourth-order valence-corrected chi connectivity index (χ4v) is 1.80. The topological polar surface area (TPSA) is 17.1 Å². The highest BCUT2D eigenvalue weighted by Crippen LogP contribution is 2.31. The van der Waals surface area contributed by atoms with E-state index in [1.165, 1.54) is 5.57 Å². The molecule has 0 fully saturated rings. The highest BCUT2D eigenvalue weighted by molar-refractivity contribution is 6.11. The van der Waals surface area contributed by atoms with E-state index < -0.39 is 0 Å². The van der Waals surface area contributed by atoms with Crippen LogP contribution < -0.4 is 0 Å². The van der Waals surface area contributed by atoms with Gasteiger partial charge in [0, 0.05) is 12.0 Å². The van der Waals surface area contributed by atoms with Crippen molar-refractivity contribution in [2.45, 2.75) is 19.8 Å². The molecule has 1 aliphatic carbocycles. The molecule has 0 atom stereocenters. The molecule has 1 nitrogen and oxygen atoms in total. The van der Waals surface area contributed by atoms with Crippen LogP contribution in [0.2, 0.25) is 0 Å². The molecule has 1 aromatic carbocycles. The number of Topliss-reactive ketones (excluding diaryl/α,β-unsaturated/α-hetero) is 1. The standard InChI is InChI=1S/C12H12O/c1-2-5-9-8-12(13)11-7-4-3-6-10(9)11/h3-7H,2,8H2,1H3/b9-5+. The van der Waals surface area contributed by atoms with Crippen molar-refractivity contribution >= 4 is 11.4 Å². The lowest BCUT2D eigenvalue weighted by atomic mass is 10.1. The van der Waals surface area contributed by atoms with Gasteiger partial charge in [-0.3, -0.25) is 4.79 Å². The summed E-state index contributed by atoms with van der Waals surface area (Å²) in [5.41, 5.74) is 3.22. The third-order valence-electron chi connectivity index (χ3n) is 2.37. The Balaban J connectivity index is 2.53. The van der Waals surface area contributed by atoms with Crippen LogP contribution in [0.25, 0.3) is 5.57 Å². The molecule has 1 heteroatoms. The van der Waals surface area contributed by atoms with Gasteiger partial charge in [-0.15, -0.1) is 0 Å². The number of carbonyl (C=O) groups excluding carboxylic acids is 1. The molecule has 13 heavy (non-hydrogen) atoms. The van der Waals surface area contributed by atoms with E-state index in [4.69, 9.17) is 0 Å². The van der Waals surface area contributed by atoms with Crippen LogP contribution in [-0.4, -0.2) is 5.78 Å². The van der Waals surface area contributed by atoms with Crippen molar-refractivity contribution in [3.05, 3.63) is 41.5 Å². The minimum absolute atomic E-state index is 0.260. The van der Waals surface area contributed by atoms with E-state index in [1.54, 1.807) is 0 Å². The summed E-state index contributed by atoms with van der Waals surface area (Å²) < 4.78 is 0. The number of hydrogen-bond donors (Lipinski definition) is 0. The maximum absolute atomic E-state index is 11.5. The Bertz CT molecular complexity index is 374. The molecule has 0 spiro atoms. The van der Waals surface area contributed by atoms with Gasteiger partial charge in [0.1, 0.15) is 0 Å². The summed E-state index contributed by atoms with van der Waals surface area (Å²) in [7, 11) is 0. The van der Waals surface area contributed by atoms with Gasteiger partial charge in [-0.1, -0.05) is 37.3 Å². The number of hydrogen-bond acceptors (Lipinski definition) is 1. The number of carbonyl (C=O) groups is 1. The number of allylic oxidation sites excluding steroid dienone is 2. The predicted molar refractivity (Wildman–Crippen MR) is 53.7 cm³/mol. The zero-order valence-corrected chi connectivity index (χ0v) is 7.71. The van der Waals surface area contributed by atoms with E-state index in [0.29, 0.717) is 6.42 Å². The molecule has 0 saturated heterocycles. The highest BCUT2D eigenvalue weighted by atomic mass is 16.1. The molecule has 66 valence electrons. The summed E-state index contributed by atoms with van der Waals surface area (Å²) in [5.74, 6) is 0.260. The van der Waals surface area contributed by atoms with Gasteiger partial charge in [0.15, 0.2) is 5.78 Å². The normalized spacial score (nSPS) is 17.9. The first-order valence-electron chi connectivity index (χ1n) is 4.64. The quantitative estimate of drug-likeness (QED) is 0.636. The van der Waals surface area contributed by atoms with Crippen LogP contribution in [-0.2, 0) is 0 Å². The molecule has 0 saturated carbocycles. The molecule has 1 aliphatic rings. The molecule has 1 aromatic rings. The average Bonchev–Trinajstić information content (AvgIpc) is 2.46. The van der Waals surface area contributed by atoms with Gasteiger partial charge in [0.2, 0.25) is 0 Å². The largest absolute Gasteiger partial charge is 0.294 e. The van der Waals surface area contributed by atoms with Gasteiger partial charge in [-0.25, -0.2) is 0 Å². The van der Waals surface area contributed by atoms with E-state index in [9.17, 15) is 4.79 Å². The second kappa shape index (κ2) is 3.17. The Morgan fingerprint density at radius 2 is 2.00 bits per heavy atom. The SMILES string of the molecule is CC/C=C1\CC(=O)c2ccccc21. The zero-order valence-electron chi connectivity index (χ0n) is 7.71. The van der Waals surface area contributed by atoms with Gasteiger partial charge < -0.3 is 0 Å². The molecule has 2 rings (SSSR count). The Morgan fingerprint density at radius 3 is 2.69 bits per heavy atom. The molecule has 0 bridgehead atoms. The first-order chi connectivity index (χ1) is 6.33. The van der Waals surface area contributed by atoms with Crippen LogP contribution >= 0.6 is 0 Å². The van der Waals surface area contributed by atoms with Crippen LogP contribution in [0.5, 0.6) is 0 Å². The second-order valence-electron chi connectivity index (χ2n) is 3.28. The Hall–Kier alpha value is -1.37. The monoisotopic (exact) mass is 172 g/mol. The Morgan fingerprint density at radius 1 is 1.31 bits per heavy atom. The number of rotatable bonds is 1. The smallest absolute Gasteiger partial charge is 0.167 e. The average molecular weight is 172 g/mol. The van der Waals surface area contributed by atoms with Crippen molar-refractivity contribution in [3.63, 3.8) is 0 Å². The van der Waals surface area contributed by atoms with Gasteiger partial charge >= 0.3 is 0 Å². The fourth-order valence-electron chi connectivity index (χ4n) is 1.80. The van der Waals surface area contributed by atoms with Crippen LogP contribution in [0.3, 0.4) is 0 Å². The maximum Gasteiger partial charge on any atom is 0.167 e. The van der Waals surface area contributed by atoms with Crippen molar-refractivity contribution in [1.82, 2.24) is 0 Å². The number of ketones is 1. The van der Waals surface area contributed by atoms with Crippen LogP contribution in [0.1, 0.15) is 35.7 Å². The van der Waals surface area contributed by atoms with Crippen molar-refractivity contribution in [3.8, 4) is 0 Å². The molecular weight excluding hydrogens is 160 g/mol. The Labute approximate surface area is 78.1 Å². The van der Waals surface area contributed by atoms with Crippen LogP contribution in [0.4, 0.5) is 0 Å². The summed E-state index contributed by atoms with van der Waals surface area (Å²) in [6.07, 6.45) is 3.73. The molecule has 0 radical (unpaired) electrons. The number of fused-ring (bicyclic) bond motifs is 1. The molecular formula is C12H12O. The summed E-state index contributed by atoms with van der Waals surface area (Å²) in [6.45, 7) is 2.10. The number of benzene rings is 1. The first-order valence-corrected chi connectivity index (χ1v) is 4.64. The van der Waals surface area contributed by atoms with Crippen molar-refractivity contribution < 1.29 is 4.79 Å². The molecule has 0 heterocycles. The first kappa shape index (κ1) is 8.24. The lowest BCUT2D eigenvalue weighted by molar-refractivity contribution is 0.100. The minimum atomic E-state index is 0.260. The van der Waals surface area contributed by atoms with Crippen LogP contribution in [0, 0.1) is 0 Å². The Kier molecular flexibility index (Phi) is 2.01. The lowest BCUT2D eigenvalue weighted by Gasteiger charge is -1.97. The van der Waals surface area contributed by atoms with Crippen molar-refractivity contribution in [2.75, 3.05) is 0 Å². The van der Waals surface area contributed by atoms with Crippen molar-refractivity contribution in [2.24, 2.45) is 0 Å². The highest BCUT2D eigenvalue weighted by Gasteiger charge is 2.22. The third-order valence-corrected chi connectivity index (χ3v) is 2.37. The van der Waals surface area contributed by atoms with Crippen molar-refractivity contribution in [1.29, 1.82) is 0 Å². The van der Waals surface area contributed by atoms with E-state index >= 15 is 0 Å². The lowest BCUT2D eigenvalue weighted by Crippen LogP contribution is -1.88. The third kappa shape index (κ3) is 1.31. The van der Waals surface area contributed by atoms with E-state index in [0.717, 1.165) is 17.5 Å². The van der Waals surface area contributed by atoms with Gasteiger partial charge in [0.05, 0.1) is 0 Å². The van der Waals surface area contributed by atoms with Crippen LogP contribution in [0.15, 0.2) is 30.3 Å². The van der Waals surface area contributed by atoms with E-state index in [1.807, 2.05) is 24.3 Å². The van der Waals surface area contributed by atoms with Gasteiger partial charge in [0.25, 0.3) is 0 Å². The fraction of sp³-hybridized carbons (Fsp3) is 0.250. The van der Waals surface area contributed by atoms with E-state index in [2.05, 4.69) is 13.0 Å². The zero-order chi connectivity index (χ0) is 9.26. The molecule has 0 aromatic heterocycles. The molecule has 0 aliphatic heterocycles. The summed E-state index contributed by atoms with van der Waals surface area (Å²) in [4.78, 5) is 11.5. The molecule has 0 amide bonds. The summed E-state index contributed by atoms with van der Waals surface area (Å²) in [6, 6.07) is 7.85. The maximum atomic E-state index is 11.5. The van der Waals surface area contributed by atoms with Gasteiger partial charge in [-0.05, 0) is 17.6 Å².